The smallest absolute Gasteiger partial charge is 0.305 e. The molecule has 1 amide bonds. The number of carbonyl (C=O) groups is 1. The highest BCUT2D eigenvalue weighted by atomic mass is 19.1. The molecule has 5 nitrogen and oxygen atoms in total. The number of likely N-dealkylation sites (N-methyl/N-ethyl adjacent to an activating group) is 1. The third-order valence-electron chi connectivity index (χ3n) is 2.23. The fourth-order valence-corrected chi connectivity index (χ4v) is 1.35. The Balaban J connectivity index is 3.31. The zero-order valence-corrected chi connectivity index (χ0v) is 9.52. The summed E-state index contributed by atoms with van der Waals surface area (Å²) in [6.07, 6.45) is 1.37. The van der Waals surface area contributed by atoms with E-state index in [0.717, 1.165) is 4.90 Å². The Hall–Kier alpha value is -2.31. The van der Waals surface area contributed by atoms with E-state index in [9.17, 15) is 23.7 Å². The van der Waals surface area contributed by atoms with Gasteiger partial charge in [-0.25, -0.2) is 4.39 Å². The van der Waals surface area contributed by atoms with E-state index in [1.54, 1.807) is 0 Å². The zero-order chi connectivity index (χ0) is 13.9. The fourth-order valence-electron chi connectivity index (χ4n) is 1.35. The van der Waals surface area contributed by atoms with E-state index >= 15 is 0 Å². The van der Waals surface area contributed by atoms with Crippen molar-refractivity contribution in [3.8, 4) is 0 Å². The third kappa shape index (κ3) is 2.50. The summed E-state index contributed by atoms with van der Waals surface area (Å²) in [5.74, 6) is -3.59. The van der Waals surface area contributed by atoms with Crippen LogP contribution >= 0.6 is 0 Å². The molecule has 0 saturated heterocycles. The average Bonchev–Trinajstić information content (AvgIpc) is 2.28. The van der Waals surface area contributed by atoms with Crippen molar-refractivity contribution >= 4 is 11.6 Å². The van der Waals surface area contributed by atoms with Crippen molar-refractivity contribution in [2.24, 2.45) is 0 Å². The lowest BCUT2D eigenvalue weighted by Gasteiger charge is -2.15. The molecule has 1 rings (SSSR count). The topological polar surface area (TPSA) is 63.5 Å². The molecule has 0 aliphatic carbocycles. The minimum atomic E-state index is -1.47. The highest BCUT2D eigenvalue weighted by Gasteiger charge is 2.27. The molecular weight excluding hydrogens is 246 g/mol. The molecule has 0 atom stereocenters. The number of amides is 1. The molecule has 18 heavy (non-hydrogen) atoms. The van der Waals surface area contributed by atoms with E-state index in [-0.39, 0.29) is 6.54 Å². The van der Waals surface area contributed by atoms with Gasteiger partial charge < -0.3 is 4.90 Å². The SMILES string of the molecule is C=CCN(C)C(=O)c1c(F)ccc([N+](=O)[O-])c1F. The number of carbonyl (C=O) groups excluding carboxylic acids is 1. The second-order valence-corrected chi connectivity index (χ2v) is 3.49. The maximum absolute atomic E-state index is 13.7. The predicted octanol–water partition coefficient (Wildman–Crippen LogP) is 2.13. The number of nitrogens with zero attached hydrogens (tertiary/aromatic N) is 2. The van der Waals surface area contributed by atoms with Gasteiger partial charge in [0.05, 0.1) is 4.92 Å². The summed E-state index contributed by atoms with van der Waals surface area (Å²) >= 11 is 0. The van der Waals surface area contributed by atoms with Gasteiger partial charge in [-0.3, -0.25) is 14.9 Å². The number of hydrogen-bond donors (Lipinski definition) is 0. The van der Waals surface area contributed by atoms with Gasteiger partial charge in [0.15, 0.2) is 0 Å². The fraction of sp³-hybridized carbons (Fsp3) is 0.182. The molecule has 0 aromatic heterocycles. The zero-order valence-electron chi connectivity index (χ0n) is 9.52. The van der Waals surface area contributed by atoms with Crippen molar-refractivity contribution in [3.05, 3.63) is 52.1 Å². The second-order valence-electron chi connectivity index (χ2n) is 3.49. The normalized spacial score (nSPS) is 9.94. The van der Waals surface area contributed by atoms with Crippen LogP contribution in [-0.2, 0) is 0 Å². The number of benzene rings is 1. The summed E-state index contributed by atoms with van der Waals surface area (Å²) in [6, 6.07) is 1.37. The molecule has 0 N–H and O–H groups in total. The number of hydrogen-bond acceptors (Lipinski definition) is 3. The van der Waals surface area contributed by atoms with Crippen LogP contribution in [0.3, 0.4) is 0 Å². The lowest BCUT2D eigenvalue weighted by molar-refractivity contribution is -0.387. The van der Waals surface area contributed by atoms with Gasteiger partial charge in [-0.05, 0) is 6.07 Å². The van der Waals surface area contributed by atoms with Crippen LogP contribution in [0.5, 0.6) is 0 Å². The van der Waals surface area contributed by atoms with E-state index in [2.05, 4.69) is 6.58 Å². The molecule has 0 fully saturated rings. The Bertz CT molecular complexity index is 517. The molecular formula is C11H10F2N2O3. The Morgan fingerprint density at radius 1 is 1.56 bits per heavy atom. The van der Waals surface area contributed by atoms with Gasteiger partial charge in [0.1, 0.15) is 11.4 Å². The first-order valence-electron chi connectivity index (χ1n) is 4.89. The summed E-state index contributed by atoms with van der Waals surface area (Å²) in [6.45, 7) is 3.45. The minimum Gasteiger partial charge on any atom is -0.338 e. The highest BCUT2D eigenvalue weighted by Crippen LogP contribution is 2.23. The molecule has 0 spiro atoms. The molecule has 0 unspecified atom stereocenters. The largest absolute Gasteiger partial charge is 0.338 e. The molecule has 0 heterocycles. The summed E-state index contributed by atoms with van der Waals surface area (Å²) in [7, 11) is 1.31. The van der Waals surface area contributed by atoms with Crippen LogP contribution in [-0.4, -0.2) is 29.3 Å². The van der Waals surface area contributed by atoms with Crippen molar-refractivity contribution < 1.29 is 18.5 Å². The predicted molar refractivity (Wildman–Crippen MR) is 60.2 cm³/mol. The second kappa shape index (κ2) is 5.35. The van der Waals surface area contributed by atoms with Gasteiger partial charge >= 0.3 is 5.69 Å². The van der Waals surface area contributed by atoms with Crippen LogP contribution in [0.15, 0.2) is 24.8 Å². The van der Waals surface area contributed by atoms with Gasteiger partial charge in [-0.1, -0.05) is 6.08 Å². The lowest BCUT2D eigenvalue weighted by atomic mass is 10.1. The molecule has 0 aliphatic rings. The molecule has 1 aromatic carbocycles. The van der Waals surface area contributed by atoms with Crippen LogP contribution in [0.25, 0.3) is 0 Å². The number of nitro groups is 1. The maximum Gasteiger partial charge on any atom is 0.305 e. The quantitative estimate of drug-likeness (QED) is 0.471. The average molecular weight is 256 g/mol. The van der Waals surface area contributed by atoms with E-state index in [0.29, 0.717) is 12.1 Å². The van der Waals surface area contributed by atoms with Gasteiger partial charge in [-0.15, -0.1) is 6.58 Å². The number of nitro benzene ring substituents is 1. The Morgan fingerprint density at radius 2 is 2.17 bits per heavy atom. The molecule has 1 aromatic rings. The first kappa shape index (κ1) is 13.8. The molecule has 96 valence electrons. The molecule has 0 saturated carbocycles. The molecule has 7 heteroatoms. The lowest BCUT2D eigenvalue weighted by Crippen LogP contribution is -2.28. The maximum atomic E-state index is 13.7. The van der Waals surface area contributed by atoms with Gasteiger partial charge in [0.2, 0.25) is 5.82 Å². The molecule has 0 radical (unpaired) electrons. The van der Waals surface area contributed by atoms with Crippen LogP contribution in [0.4, 0.5) is 14.5 Å². The van der Waals surface area contributed by atoms with E-state index in [1.807, 2.05) is 0 Å². The molecule has 0 bridgehead atoms. The van der Waals surface area contributed by atoms with Crippen molar-refractivity contribution in [1.29, 1.82) is 0 Å². The van der Waals surface area contributed by atoms with Crippen LogP contribution in [0.1, 0.15) is 10.4 Å². The van der Waals surface area contributed by atoms with Gasteiger partial charge in [0.25, 0.3) is 5.91 Å². The summed E-state index contributed by atoms with van der Waals surface area (Å²) in [5.41, 5.74) is -1.87. The standard InChI is InChI=1S/C11H10F2N2O3/c1-3-6-14(2)11(16)9-7(12)4-5-8(10(9)13)15(17)18/h3-5H,1,6H2,2H3. The summed E-state index contributed by atoms with van der Waals surface area (Å²) in [4.78, 5) is 22.2. The Labute approximate surface area is 101 Å². The van der Waals surface area contributed by atoms with Crippen molar-refractivity contribution in [1.82, 2.24) is 4.90 Å². The third-order valence-corrected chi connectivity index (χ3v) is 2.23. The van der Waals surface area contributed by atoms with Gasteiger partial charge in [-0.2, -0.15) is 4.39 Å². The monoisotopic (exact) mass is 256 g/mol. The van der Waals surface area contributed by atoms with Crippen molar-refractivity contribution in [2.75, 3.05) is 13.6 Å². The van der Waals surface area contributed by atoms with Crippen LogP contribution in [0, 0.1) is 21.7 Å². The van der Waals surface area contributed by atoms with Gasteiger partial charge in [0, 0.05) is 19.7 Å². The number of rotatable bonds is 4. The van der Waals surface area contributed by atoms with E-state index in [1.165, 1.54) is 13.1 Å². The van der Waals surface area contributed by atoms with Crippen molar-refractivity contribution in [2.45, 2.75) is 0 Å². The van der Waals surface area contributed by atoms with E-state index < -0.39 is 33.7 Å². The number of halogens is 2. The summed E-state index contributed by atoms with van der Waals surface area (Å²) in [5, 5.41) is 10.5. The Morgan fingerprint density at radius 3 is 2.67 bits per heavy atom. The summed E-state index contributed by atoms with van der Waals surface area (Å²) < 4.78 is 27.1. The van der Waals surface area contributed by atoms with Crippen molar-refractivity contribution in [3.63, 3.8) is 0 Å². The van der Waals surface area contributed by atoms with E-state index in [4.69, 9.17) is 0 Å². The van der Waals surface area contributed by atoms with Crippen LogP contribution < -0.4 is 0 Å². The Kier molecular flexibility index (Phi) is 4.09. The first-order chi connectivity index (χ1) is 8.40. The van der Waals surface area contributed by atoms with Crippen LogP contribution in [0.2, 0.25) is 0 Å². The molecule has 0 aliphatic heterocycles. The minimum absolute atomic E-state index is 0.0698. The first-order valence-corrected chi connectivity index (χ1v) is 4.89. The highest BCUT2D eigenvalue weighted by molar-refractivity contribution is 5.95.